The van der Waals surface area contributed by atoms with Crippen LogP contribution in [-0.2, 0) is 29.1 Å². The second-order valence-corrected chi connectivity index (χ2v) is 10.3. The second-order valence-electron chi connectivity index (χ2n) is 10.3. The van der Waals surface area contributed by atoms with E-state index >= 15 is 0 Å². The molecular formula is C31H30N4O5. The van der Waals surface area contributed by atoms with Crippen molar-refractivity contribution >= 4 is 34.4 Å². The summed E-state index contributed by atoms with van der Waals surface area (Å²) in [6.07, 6.45) is 4.34. The van der Waals surface area contributed by atoms with Crippen LogP contribution in [0.3, 0.4) is 0 Å². The van der Waals surface area contributed by atoms with E-state index in [4.69, 9.17) is 4.42 Å². The third-order valence-corrected chi connectivity index (χ3v) is 7.73. The molecule has 0 aliphatic carbocycles. The predicted molar refractivity (Wildman–Crippen MR) is 150 cm³/mol. The summed E-state index contributed by atoms with van der Waals surface area (Å²) in [5, 5.41) is 3.55. The largest absolute Gasteiger partial charge is 0.459 e. The molecule has 4 heterocycles. The number of furan rings is 1. The number of nitrogens with one attached hydrogen (secondary N) is 1. The number of para-hydroxylation sites is 1. The van der Waals surface area contributed by atoms with Crippen molar-refractivity contribution in [2.75, 3.05) is 18.0 Å². The smallest absolute Gasteiger partial charge is 0.253 e. The Balaban J connectivity index is 1.07. The van der Waals surface area contributed by atoms with Crippen molar-refractivity contribution in [3.63, 3.8) is 0 Å². The van der Waals surface area contributed by atoms with Crippen LogP contribution in [0.1, 0.15) is 40.9 Å². The highest BCUT2D eigenvalue weighted by Gasteiger charge is 2.33. The number of aryl methyl sites for hydroxylation is 1. The molecular weight excluding hydrogens is 508 g/mol. The van der Waals surface area contributed by atoms with E-state index in [-0.39, 0.29) is 42.4 Å². The van der Waals surface area contributed by atoms with E-state index < -0.39 is 0 Å². The fraction of sp³-hybridized carbons (Fsp3) is 0.290. The first kappa shape index (κ1) is 25.6. The van der Waals surface area contributed by atoms with E-state index in [1.54, 1.807) is 30.5 Å². The number of pyridine rings is 1. The molecule has 0 unspecified atom stereocenters. The maximum Gasteiger partial charge on any atom is 0.253 e. The summed E-state index contributed by atoms with van der Waals surface area (Å²) in [5.74, 6) is 0.369. The number of fused-ring (bicyclic) bond motifs is 2. The molecule has 9 heteroatoms. The van der Waals surface area contributed by atoms with Crippen LogP contribution < -0.4 is 15.8 Å². The minimum Gasteiger partial charge on any atom is -0.459 e. The Labute approximate surface area is 231 Å². The fourth-order valence-corrected chi connectivity index (χ4v) is 5.67. The molecule has 0 spiro atoms. The fourth-order valence-electron chi connectivity index (χ4n) is 5.67. The van der Waals surface area contributed by atoms with Gasteiger partial charge in [-0.3, -0.25) is 19.2 Å². The molecule has 0 radical (unpaired) electrons. The summed E-state index contributed by atoms with van der Waals surface area (Å²) in [6.45, 7) is 1.26. The second kappa shape index (κ2) is 10.8. The molecule has 2 aromatic carbocycles. The molecule has 40 heavy (non-hydrogen) atoms. The first-order chi connectivity index (χ1) is 19.5. The van der Waals surface area contributed by atoms with Gasteiger partial charge in [-0.2, -0.15) is 0 Å². The summed E-state index contributed by atoms with van der Waals surface area (Å²) in [6, 6.07) is 20.1. The molecule has 1 N–H and O–H groups in total. The molecule has 1 saturated heterocycles. The summed E-state index contributed by atoms with van der Waals surface area (Å²) >= 11 is 0. The Bertz CT molecular complexity index is 1650. The SMILES string of the molecule is O=C(Cn1ccccc1=O)NCc1cc2cc(C(=O)N3CCC(N4C(=O)CCc5ccccc54)CC3)ccc2o1. The summed E-state index contributed by atoms with van der Waals surface area (Å²) in [4.78, 5) is 54.0. The Morgan fingerprint density at radius 2 is 1.73 bits per heavy atom. The van der Waals surface area contributed by atoms with E-state index in [9.17, 15) is 19.2 Å². The standard InChI is InChI=1S/C31H30N4O5/c36-28(20-34-14-4-3-7-29(34)37)32-19-25-18-23-17-22(8-10-27(23)40-25)31(39)33-15-12-24(13-16-33)35-26-6-2-1-5-21(26)9-11-30(35)38/h1-8,10,14,17-18,24H,9,11-13,15-16,19-20H2,(H,32,36). The van der Waals surface area contributed by atoms with Gasteiger partial charge >= 0.3 is 0 Å². The molecule has 3 amide bonds. The Kier molecular flexibility index (Phi) is 6.94. The van der Waals surface area contributed by atoms with Crippen LogP contribution >= 0.6 is 0 Å². The van der Waals surface area contributed by atoms with Gasteiger partial charge in [0.05, 0.1) is 6.54 Å². The molecule has 0 saturated carbocycles. The zero-order valence-corrected chi connectivity index (χ0v) is 22.0. The van der Waals surface area contributed by atoms with Gasteiger partial charge < -0.3 is 24.1 Å². The number of rotatable bonds is 6. The average Bonchev–Trinajstić information content (AvgIpc) is 3.39. The molecule has 204 valence electrons. The highest BCUT2D eigenvalue weighted by molar-refractivity contribution is 5.99. The van der Waals surface area contributed by atoms with Crippen molar-refractivity contribution < 1.29 is 18.8 Å². The van der Waals surface area contributed by atoms with Crippen molar-refractivity contribution in [3.05, 3.63) is 100 Å². The van der Waals surface area contributed by atoms with Gasteiger partial charge in [0.15, 0.2) is 0 Å². The maximum absolute atomic E-state index is 13.3. The first-order valence-electron chi connectivity index (χ1n) is 13.6. The number of aromatic nitrogens is 1. The van der Waals surface area contributed by atoms with Gasteiger partial charge in [0.25, 0.3) is 11.5 Å². The minimum absolute atomic E-state index is 0.0462. The van der Waals surface area contributed by atoms with E-state index in [0.29, 0.717) is 36.4 Å². The molecule has 4 aromatic rings. The van der Waals surface area contributed by atoms with E-state index in [2.05, 4.69) is 11.4 Å². The number of carbonyl (C=O) groups is 3. The zero-order valence-electron chi connectivity index (χ0n) is 22.0. The van der Waals surface area contributed by atoms with Gasteiger partial charge in [-0.05, 0) is 61.2 Å². The number of hydrogen-bond acceptors (Lipinski definition) is 5. The molecule has 6 rings (SSSR count). The van der Waals surface area contributed by atoms with Crippen molar-refractivity contribution in [2.45, 2.75) is 44.8 Å². The van der Waals surface area contributed by atoms with Gasteiger partial charge in [0.2, 0.25) is 11.8 Å². The van der Waals surface area contributed by atoms with Gasteiger partial charge in [-0.15, -0.1) is 0 Å². The lowest BCUT2D eigenvalue weighted by atomic mass is 9.95. The number of likely N-dealkylation sites (tertiary alicyclic amines) is 1. The van der Waals surface area contributed by atoms with E-state index in [0.717, 1.165) is 30.3 Å². The number of nitrogens with zero attached hydrogens (tertiary/aromatic N) is 3. The van der Waals surface area contributed by atoms with Crippen LogP contribution in [-0.4, -0.2) is 46.3 Å². The van der Waals surface area contributed by atoms with Crippen LogP contribution in [0.5, 0.6) is 0 Å². The first-order valence-corrected chi connectivity index (χ1v) is 13.6. The Morgan fingerprint density at radius 1 is 0.925 bits per heavy atom. The lowest BCUT2D eigenvalue weighted by molar-refractivity contribution is -0.122. The van der Waals surface area contributed by atoms with Crippen molar-refractivity contribution in [1.29, 1.82) is 0 Å². The highest BCUT2D eigenvalue weighted by atomic mass is 16.3. The van der Waals surface area contributed by atoms with Gasteiger partial charge in [-0.1, -0.05) is 24.3 Å². The number of benzene rings is 2. The Hall–Kier alpha value is -4.66. The van der Waals surface area contributed by atoms with E-state index in [1.807, 2.05) is 40.1 Å². The molecule has 2 aliphatic rings. The molecule has 1 fully saturated rings. The quantitative estimate of drug-likeness (QED) is 0.405. The maximum atomic E-state index is 13.3. The van der Waals surface area contributed by atoms with Crippen molar-refractivity contribution in [1.82, 2.24) is 14.8 Å². The van der Waals surface area contributed by atoms with Crippen molar-refractivity contribution in [3.8, 4) is 0 Å². The Morgan fingerprint density at radius 3 is 2.55 bits per heavy atom. The van der Waals surface area contributed by atoms with Crippen LogP contribution in [0.2, 0.25) is 0 Å². The molecule has 0 bridgehead atoms. The number of amides is 3. The van der Waals surface area contributed by atoms with Crippen LogP contribution in [0, 0.1) is 0 Å². The van der Waals surface area contributed by atoms with Crippen molar-refractivity contribution in [2.24, 2.45) is 0 Å². The normalized spacial score (nSPS) is 15.8. The molecule has 2 aliphatic heterocycles. The average molecular weight is 539 g/mol. The number of anilines is 1. The topological polar surface area (TPSA) is 105 Å². The lowest BCUT2D eigenvalue weighted by Crippen LogP contribution is -2.50. The third-order valence-electron chi connectivity index (χ3n) is 7.73. The molecule has 2 aromatic heterocycles. The third kappa shape index (κ3) is 5.14. The number of hydrogen-bond donors (Lipinski definition) is 1. The predicted octanol–water partition coefficient (Wildman–Crippen LogP) is 3.49. The van der Waals surface area contributed by atoms with Gasteiger partial charge in [0.1, 0.15) is 17.9 Å². The lowest BCUT2D eigenvalue weighted by Gasteiger charge is -2.41. The van der Waals surface area contributed by atoms with Gasteiger partial charge in [0, 0.05) is 54.5 Å². The number of piperidine rings is 1. The number of carbonyl (C=O) groups excluding carboxylic acids is 3. The van der Waals surface area contributed by atoms with E-state index in [1.165, 1.54) is 16.2 Å². The molecule has 0 atom stereocenters. The summed E-state index contributed by atoms with van der Waals surface area (Å²) in [5.41, 5.74) is 3.17. The van der Waals surface area contributed by atoms with Crippen LogP contribution in [0.4, 0.5) is 5.69 Å². The highest BCUT2D eigenvalue weighted by Crippen LogP contribution is 2.32. The van der Waals surface area contributed by atoms with Crippen LogP contribution in [0.25, 0.3) is 11.0 Å². The minimum atomic E-state index is -0.303. The van der Waals surface area contributed by atoms with Gasteiger partial charge in [-0.25, -0.2) is 0 Å². The molecule has 9 nitrogen and oxygen atoms in total. The summed E-state index contributed by atoms with van der Waals surface area (Å²) < 4.78 is 7.18. The monoisotopic (exact) mass is 538 g/mol. The zero-order chi connectivity index (χ0) is 27.6. The van der Waals surface area contributed by atoms with Crippen LogP contribution in [0.15, 0.2) is 82.1 Å². The summed E-state index contributed by atoms with van der Waals surface area (Å²) in [7, 11) is 0.